The van der Waals surface area contributed by atoms with Gasteiger partial charge in [0.2, 0.25) is 10.0 Å². The number of thiophene rings is 1. The van der Waals surface area contributed by atoms with Crippen LogP contribution in [0.5, 0.6) is 0 Å². The van der Waals surface area contributed by atoms with Crippen LogP contribution in [0.4, 0.5) is 4.39 Å². The first-order chi connectivity index (χ1) is 15.8. The van der Waals surface area contributed by atoms with E-state index in [0.717, 1.165) is 40.6 Å². The molecule has 0 amide bonds. The molecule has 33 heavy (non-hydrogen) atoms. The van der Waals surface area contributed by atoms with Crippen LogP contribution in [-0.2, 0) is 16.4 Å². The first-order valence-electron chi connectivity index (χ1n) is 10.8. The maximum absolute atomic E-state index is 13.3. The van der Waals surface area contributed by atoms with Gasteiger partial charge in [-0.3, -0.25) is 4.90 Å². The summed E-state index contributed by atoms with van der Waals surface area (Å²) < 4.78 is 48.6. The fourth-order valence-corrected chi connectivity index (χ4v) is 7.41. The van der Waals surface area contributed by atoms with Crippen LogP contribution in [0.2, 0.25) is 5.02 Å². The lowest BCUT2D eigenvalue weighted by atomic mass is 10.1. The summed E-state index contributed by atoms with van der Waals surface area (Å²) in [5.74, 6) is -0.343. The topological polar surface area (TPSA) is 75.4 Å². The Morgan fingerprint density at radius 2 is 2.12 bits per heavy atom. The van der Waals surface area contributed by atoms with Gasteiger partial charge in [0.1, 0.15) is 10.0 Å². The number of rotatable bonds is 7. The van der Waals surface area contributed by atoms with Crippen molar-refractivity contribution in [3.05, 3.63) is 59.0 Å². The molecule has 0 saturated carbocycles. The van der Waals surface area contributed by atoms with Gasteiger partial charge in [-0.25, -0.2) is 17.5 Å². The van der Waals surface area contributed by atoms with Gasteiger partial charge in [-0.1, -0.05) is 22.8 Å². The summed E-state index contributed by atoms with van der Waals surface area (Å²) in [6, 6.07) is 11.7. The summed E-state index contributed by atoms with van der Waals surface area (Å²) in [4.78, 5) is 2.29. The average Bonchev–Trinajstić information content (AvgIpc) is 3.45. The highest BCUT2D eigenvalue weighted by molar-refractivity contribution is 7.91. The summed E-state index contributed by atoms with van der Waals surface area (Å²) >= 11 is 7.26. The molecule has 6 nitrogen and oxygen atoms in total. The SMILES string of the molecule is C[C@H]1C[C@H](NS(=O)(=O)c2cc3ccc(Cl)cc3s2)CN1CCCc1noc2cc(F)ccc12. The second-order valence-electron chi connectivity index (χ2n) is 8.52. The Labute approximate surface area is 200 Å². The number of nitrogens with one attached hydrogen (secondary N) is 1. The largest absolute Gasteiger partial charge is 0.356 e. The van der Waals surface area contributed by atoms with E-state index >= 15 is 0 Å². The summed E-state index contributed by atoms with van der Waals surface area (Å²) in [7, 11) is -3.60. The molecule has 4 aromatic rings. The monoisotopic (exact) mass is 507 g/mol. The van der Waals surface area contributed by atoms with Crippen LogP contribution in [0, 0.1) is 5.82 Å². The molecule has 0 radical (unpaired) electrons. The van der Waals surface area contributed by atoms with Gasteiger partial charge in [-0.05, 0) is 68.4 Å². The number of aryl methyl sites for hydroxylation is 1. The van der Waals surface area contributed by atoms with Gasteiger partial charge >= 0.3 is 0 Å². The summed E-state index contributed by atoms with van der Waals surface area (Å²) in [5, 5.41) is 6.38. The van der Waals surface area contributed by atoms with Crippen molar-refractivity contribution in [3.63, 3.8) is 0 Å². The number of benzene rings is 2. The second kappa shape index (κ2) is 8.96. The number of aromatic nitrogens is 1. The van der Waals surface area contributed by atoms with Gasteiger partial charge in [0, 0.05) is 39.8 Å². The molecule has 1 N–H and O–H groups in total. The predicted octanol–water partition coefficient (Wildman–Crippen LogP) is 5.21. The first kappa shape index (κ1) is 22.7. The van der Waals surface area contributed by atoms with Crippen molar-refractivity contribution in [2.75, 3.05) is 13.1 Å². The molecule has 1 aliphatic heterocycles. The van der Waals surface area contributed by atoms with Gasteiger partial charge in [-0.2, -0.15) is 0 Å². The predicted molar refractivity (Wildman–Crippen MR) is 129 cm³/mol. The van der Waals surface area contributed by atoms with E-state index in [9.17, 15) is 12.8 Å². The summed E-state index contributed by atoms with van der Waals surface area (Å²) in [6.45, 7) is 3.59. The van der Waals surface area contributed by atoms with Crippen LogP contribution in [-0.4, -0.2) is 43.6 Å². The molecule has 2 aromatic carbocycles. The zero-order valence-corrected chi connectivity index (χ0v) is 20.3. The Balaban J connectivity index is 1.19. The maximum Gasteiger partial charge on any atom is 0.250 e. The van der Waals surface area contributed by atoms with E-state index in [1.165, 1.54) is 23.5 Å². The van der Waals surface area contributed by atoms with Crippen molar-refractivity contribution in [1.29, 1.82) is 0 Å². The number of hydrogen-bond donors (Lipinski definition) is 1. The molecular weight excluding hydrogens is 485 g/mol. The molecule has 174 valence electrons. The molecule has 10 heteroatoms. The third-order valence-electron chi connectivity index (χ3n) is 6.12. The highest BCUT2D eigenvalue weighted by Crippen LogP contribution is 2.31. The second-order valence-corrected chi connectivity index (χ2v) is 12.0. The molecule has 0 bridgehead atoms. The molecule has 2 aromatic heterocycles. The number of nitrogens with zero attached hydrogens (tertiary/aromatic N) is 2. The summed E-state index contributed by atoms with van der Waals surface area (Å²) in [6.07, 6.45) is 2.31. The number of likely N-dealkylation sites (tertiary alicyclic amines) is 1. The Bertz CT molecular complexity index is 1420. The number of sulfonamides is 1. The molecule has 2 atom stereocenters. The highest BCUT2D eigenvalue weighted by Gasteiger charge is 2.32. The van der Waals surface area contributed by atoms with Gasteiger partial charge in [0.15, 0.2) is 5.58 Å². The van der Waals surface area contributed by atoms with Crippen molar-refractivity contribution >= 4 is 54.0 Å². The van der Waals surface area contributed by atoms with E-state index in [4.69, 9.17) is 16.1 Å². The standard InChI is InChI=1S/C23H23ClFN3O3S2/c1-14-9-18(27-33(29,30)23-10-15-4-5-16(24)11-22(15)32-23)13-28(14)8-2-3-20-19-7-6-17(25)12-21(19)31-26-20/h4-7,10-12,14,18,27H,2-3,8-9,13H2,1H3/t14-,18-/m0/s1. The molecule has 0 aliphatic carbocycles. The normalized spacial score (nSPS) is 19.7. The Kier molecular flexibility index (Phi) is 6.17. The van der Waals surface area contributed by atoms with E-state index < -0.39 is 10.0 Å². The third kappa shape index (κ3) is 4.79. The number of halogens is 2. The van der Waals surface area contributed by atoms with Gasteiger partial charge in [-0.15, -0.1) is 11.3 Å². The molecule has 1 saturated heterocycles. The van der Waals surface area contributed by atoms with Crippen molar-refractivity contribution < 1.29 is 17.3 Å². The number of hydrogen-bond acceptors (Lipinski definition) is 6. The van der Waals surface area contributed by atoms with Crippen LogP contribution in [0.3, 0.4) is 0 Å². The minimum atomic E-state index is -3.60. The quantitative estimate of drug-likeness (QED) is 0.371. The molecular formula is C23H23ClFN3O3S2. The van der Waals surface area contributed by atoms with E-state index in [1.54, 1.807) is 24.3 Å². The van der Waals surface area contributed by atoms with Crippen molar-refractivity contribution in [3.8, 4) is 0 Å². The Morgan fingerprint density at radius 1 is 1.27 bits per heavy atom. The minimum absolute atomic E-state index is 0.144. The molecule has 1 aliphatic rings. The molecule has 3 heterocycles. The lowest BCUT2D eigenvalue weighted by Crippen LogP contribution is -2.37. The van der Waals surface area contributed by atoms with E-state index in [0.29, 0.717) is 27.8 Å². The Hall–Kier alpha value is -2.04. The molecule has 1 fully saturated rings. The van der Waals surface area contributed by atoms with Crippen molar-refractivity contribution in [2.45, 2.75) is 42.5 Å². The minimum Gasteiger partial charge on any atom is -0.356 e. The van der Waals surface area contributed by atoms with Gasteiger partial charge in [0.25, 0.3) is 0 Å². The van der Waals surface area contributed by atoms with Crippen LogP contribution >= 0.6 is 22.9 Å². The van der Waals surface area contributed by atoms with Crippen molar-refractivity contribution in [2.24, 2.45) is 0 Å². The fraction of sp³-hybridized carbons (Fsp3) is 0.348. The van der Waals surface area contributed by atoms with Gasteiger partial charge in [0.05, 0.1) is 5.69 Å². The average molecular weight is 508 g/mol. The van der Waals surface area contributed by atoms with E-state index in [2.05, 4.69) is 21.7 Å². The third-order valence-corrected chi connectivity index (χ3v) is 9.44. The van der Waals surface area contributed by atoms with Crippen LogP contribution < -0.4 is 4.72 Å². The van der Waals surface area contributed by atoms with Gasteiger partial charge < -0.3 is 4.52 Å². The molecule has 0 unspecified atom stereocenters. The lowest BCUT2D eigenvalue weighted by molar-refractivity contribution is 0.263. The highest BCUT2D eigenvalue weighted by atomic mass is 35.5. The van der Waals surface area contributed by atoms with Crippen LogP contribution in [0.15, 0.2) is 51.2 Å². The maximum atomic E-state index is 13.3. The zero-order valence-electron chi connectivity index (χ0n) is 17.9. The zero-order chi connectivity index (χ0) is 23.2. The van der Waals surface area contributed by atoms with Crippen LogP contribution in [0.25, 0.3) is 21.1 Å². The molecule has 5 rings (SSSR count). The number of fused-ring (bicyclic) bond motifs is 2. The fourth-order valence-electron chi connectivity index (χ4n) is 4.48. The lowest BCUT2D eigenvalue weighted by Gasteiger charge is -2.20. The van der Waals surface area contributed by atoms with E-state index in [1.807, 2.05) is 6.07 Å². The van der Waals surface area contributed by atoms with Crippen LogP contribution in [0.1, 0.15) is 25.5 Å². The summed E-state index contributed by atoms with van der Waals surface area (Å²) in [5.41, 5.74) is 1.27. The smallest absolute Gasteiger partial charge is 0.250 e. The van der Waals surface area contributed by atoms with Crippen molar-refractivity contribution in [1.82, 2.24) is 14.8 Å². The molecule has 0 spiro atoms. The van der Waals surface area contributed by atoms with E-state index in [-0.39, 0.29) is 17.9 Å². The Morgan fingerprint density at radius 3 is 2.97 bits per heavy atom. The first-order valence-corrected chi connectivity index (χ1v) is 13.5.